The SMILES string of the molecule is Cc1ccc(NC(=O)c2ccoc2Cl)cc1C#CCO. The van der Waals surface area contributed by atoms with E-state index in [2.05, 4.69) is 17.2 Å². The Labute approximate surface area is 121 Å². The van der Waals surface area contributed by atoms with Gasteiger partial charge in [0.25, 0.3) is 5.91 Å². The molecule has 0 spiro atoms. The van der Waals surface area contributed by atoms with Crippen molar-refractivity contribution in [3.05, 3.63) is 52.4 Å². The van der Waals surface area contributed by atoms with E-state index in [0.29, 0.717) is 5.69 Å². The van der Waals surface area contributed by atoms with E-state index in [1.807, 2.05) is 13.0 Å². The normalized spacial score (nSPS) is 9.75. The summed E-state index contributed by atoms with van der Waals surface area (Å²) < 4.78 is 4.87. The minimum absolute atomic E-state index is 0.0508. The number of nitrogens with one attached hydrogen (secondary N) is 1. The highest BCUT2D eigenvalue weighted by atomic mass is 35.5. The lowest BCUT2D eigenvalue weighted by molar-refractivity contribution is 0.102. The van der Waals surface area contributed by atoms with Crippen LogP contribution in [0.25, 0.3) is 0 Å². The Morgan fingerprint density at radius 2 is 2.25 bits per heavy atom. The second-order valence-electron chi connectivity index (χ2n) is 4.05. The number of aliphatic hydroxyl groups excluding tert-OH is 1. The zero-order valence-electron chi connectivity index (χ0n) is 10.7. The summed E-state index contributed by atoms with van der Waals surface area (Å²) in [5, 5.41) is 11.5. The fraction of sp³-hybridized carbons (Fsp3) is 0.133. The van der Waals surface area contributed by atoms with E-state index in [1.54, 1.807) is 12.1 Å². The van der Waals surface area contributed by atoms with Gasteiger partial charge in [0.2, 0.25) is 5.22 Å². The smallest absolute Gasteiger partial charge is 0.260 e. The van der Waals surface area contributed by atoms with Crippen molar-refractivity contribution in [1.82, 2.24) is 0 Å². The Balaban J connectivity index is 2.22. The second kappa shape index (κ2) is 6.29. The molecule has 1 aromatic heterocycles. The maximum atomic E-state index is 12.0. The number of hydrogen-bond donors (Lipinski definition) is 2. The topological polar surface area (TPSA) is 62.5 Å². The lowest BCUT2D eigenvalue weighted by atomic mass is 10.1. The third-order valence-electron chi connectivity index (χ3n) is 2.66. The van der Waals surface area contributed by atoms with Gasteiger partial charge in [0.15, 0.2) is 0 Å². The summed E-state index contributed by atoms with van der Waals surface area (Å²) in [4.78, 5) is 12.0. The summed E-state index contributed by atoms with van der Waals surface area (Å²) in [6, 6.07) is 6.85. The van der Waals surface area contributed by atoms with Gasteiger partial charge in [0, 0.05) is 11.3 Å². The van der Waals surface area contributed by atoms with Gasteiger partial charge in [-0.25, -0.2) is 0 Å². The fourth-order valence-corrected chi connectivity index (χ4v) is 1.82. The summed E-state index contributed by atoms with van der Waals surface area (Å²) in [5.74, 6) is 5.05. The van der Waals surface area contributed by atoms with Crippen LogP contribution in [0.2, 0.25) is 5.22 Å². The van der Waals surface area contributed by atoms with Crippen LogP contribution < -0.4 is 5.32 Å². The number of aryl methyl sites for hydroxylation is 1. The number of halogens is 1. The third kappa shape index (κ3) is 3.21. The van der Waals surface area contributed by atoms with Gasteiger partial charge in [-0.05, 0) is 42.3 Å². The van der Waals surface area contributed by atoms with Gasteiger partial charge >= 0.3 is 0 Å². The van der Waals surface area contributed by atoms with E-state index in [9.17, 15) is 4.79 Å². The molecule has 0 radical (unpaired) electrons. The first-order valence-electron chi connectivity index (χ1n) is 5.86. The first-order valence-corrected chi connectivity index (χ1v) is 6.24. The van der Waals surface area contributed by atoms with Crippen molar-refractivity contribution in [2.24, 2.45) is 0 Å². The first kappa shape index (κ1) is 14.2. The molecule has 0 bridgehead atoms. The van der Waals surface area contributed by atoms with E-state index in [1.165, 1.54) is 12.3 Å². The second-order valence-corrected chi connectivity index (χ2v) is 4.39. The molecule has 1 aromatic carbocycles. The number of rotatable bonds is 2. The Bertz CT molecular complexity index is 695. The summed E-state index contributed by atoms with van der Waals surface area (Å²) in [7, 11) is 0. The van der Waals surface area contributed by atoms with Gasteiger partial charge in [0.1, 0.15) is 6.61 Å². The van der Waals surface area contributed by atoms with Crippen molar-refractivity contribution in [3.63, 3.8) is 0 Å². The molecule has 0 saturated heterocycles. The third-order valence-corrected chi connectivity index (χ3v) is 2.95. The fourth-order valence-electron chi connectivity index (χ4n) is 1.62. The molecule has 0 aliphatic heterocycles. The molecule has 2 aromatic rings. The molecule has 20 heavy (non-hydrogen) atoms. The van der Waals surface area contributed by atoms with Gasteiger partial charge in [-0.3, -0.25) is 4.79 Å². The summed E-state index contributed by atoms with van der Waals surface area (Å²) in [6.07, 6.45) is 1.35. The van der Waals surface area contributed by atoms with E-state index < -0.39 is 0 Å². The zero-order chi connectivity index (χ0) is 14.5. The lowest BCUT2D eigenvalue weighted by Crippen LogP contribution is -2.11. The molecule has 0 unspecified atom stereocenters. The molecule has 2 N–H and O–H groups in total. The van der Waals surface area contributed by atoms with Gasteiger partial charge in [-0.2, -0.15) is 0 Å². The Kier molecular flexibility index (Phi) is 4.46. The highest BCUT2D eigenvalue weighted by molar-refractivity contribution is 6.32. The van der Waals surface area contributed by atoms with Crippen LogP contribution in [0.15, 0.2) is 34.9 Å². The first-order chi connectivity index (χ1) is 9.61. The monoisotopic (exact) mass is 289 g/mol. The van der Waals surface area contributed by atoms with Crippen LogP contribution in [0.1, 0.15) is 21.5 Å². The largest absolute Gasteiger partial charge is 0.452 e. The van der Waals surface area contributed by atoms with Crippen molar-refractivity contribution in [1.29, 1.82) is 0 Å². The molecule has 0 fully saturated rings. The van der Waals surface area contributed by atoms with Crippen LogP contribution in [0.3, 0.4) is 0 Å². The van der Waals surface area contributed by atoms with E-state index in [-0.39, 0.29) is 23.3 Å². The highest BCUT2D eigenvalue weighted by Crippen LogP contribution is 2.20. The molecule has 1 heterocycles. The molecular weight excluding hydrogens is 278 g/mol. The maximum absolute atomic E-state index is 12.0. The van der Waals surface area contributed by atoms with Crippen molar-refractivity contribution < 1.29 is 14.3 Å². The minimum atomic E-state index is -0.353. The maximum Gasteiger partial charge on any atom is 0.260 e. The number of carbonyl (C=O) groups excluding carboxylic acids is 1. The Morgan fingerprint density at radius 3 is 2.90 bits per heavy atom. The number of amides is 1. The van der Waals surface area contributed by atoms with Crippen LogP contribution in [0, 0.1) is 18.8 Å². The van der Waals surface area contributed by atoms with E-state index in [0.717, 1.165) is 11.1 Å². The number of carbonyl (C=O) groups is 1. The van der Waals surface area contributed by atoms with Crippen molar-refractivity contribution >= 4 is 23.2 Å². The van der Waals surface area contributed by atoms with E-state index in [4.69, 9.17) is 21.1 Å². The van der Waals surface area contributed by atoms with Gasteiger partial charge in [0.05, 0.1) is 11.8 Å². The molecule has 5 heteroatoms. The van der Waals surface area contributed by atoms with Crippen molar-refractivity contribution in [2.45, 2.75) is 6.92 Å². The Hall–Kier alpha value is -2.22. The molecule has 2 rings (SSSR count). The number of benzene rings is 1. The molecule has 0 aliphatic rings. The number of aliphatic hydroxyl groups is 1. The molecule has 0 atom stereocenters. The highest BCUT2D eigenvalue weighted by Gasteiger charge is 2.13. The standard InChI is InChI=1S/C15H12ClNO3/c1-10-4-5-12(9-11(10)3-2-7-18)17-15(19)13-6-8-20-14(13)16/h4-6,8-9,18H,7H2,1H3,(H,17,19). The quantitative estimate of drug-likeness (QED) is 0.836. The van der Waals surface area contributed by atoms with Crippen molar-refractivity contribution in [3.8, 4) is 11.8 Å². The Morgan fingerprint density at radius 1 is 1.45 bits per heavy atom. The van der Waals surface area contributed by atoms with Crippen LogP contribution in [-0.2, 0) is 0 Å². The lowest BCUT2D eigenvalue weighted by Gasteiger charge is -2.06. The van der Waals surface area contributed by atoms with Crippen LogP contribution in [0.5, 0.6) is 0 Å². The molecule has 4 nitrogen and oxygen atoms in total. The summed E-state index contributed by atoms with van der Waals surface area (Å²) in [5.41, 5.74) is 2.58. The van der Waals surface area contributed by atoms with Crippen LogP contribution in [0.4, 0.5) is 5.69 Å². The average Bonchev–Trinajstić information content (AvgIpc) is 2.85. The molecular formula is C15H12ClNO3. The van der Waals surface area contributed by atoms with Crippen LogP contribution in [-0.4, -0.2) is 17.6 Å². The molecule has 1 amide bonds. The number of furan rings is 1. The van der Waals surface area contributed by atoms with Gasteiger partial charge in [-0.1, -0.05) is 17.9 Å². The number of hydrogen-bond acceptors (Lipinski definition) is 3. The predicted octanol–water partition coefficient (Wildman–Crippen LogP) is 2.84. The molecule has 0 aliphatic carbocycles. The van der Waals surface area contributed by atoms with Gasteiger partial charge < -0.3 is 14.8 Å². The predicted molar refractivity (Wildman–Crippen MR) is 76.8 cm³/mol. The summed E-state index contributed by atoms with van der Waals surface area (Å²) in [6.45, 7) is 1.70. The number of anilines is 1. The zero-order valence-corrected chi connectivity index (χ0v) is 11.5. The molecule has 102 valence electrons. The molecule has 0 saturated carbocycles. The van der Waals surface area contributed by atoms with E-state index >= 15 is 0 Å². The average molecular weight is 290 g/mol. The van der Waals surface area contributed by atoms with Crippen molar-refractivity contribution in [2.75, 3.05) is 11.9 Å². The van der Waals surface area contributed by atoms with Crippen LogP contribution >= 0.6 is 11.6 Å². The summed E-state index contributed by atoms with van der Waals surface area (Å²) >= 11 is 5.75. The minimum Gasteiger partial charge on any atom is -0.452 e. The van der Waals surface area contributed by atoms with Gasteiger partial charge in [-0.15, -0.1) is 0 Å².